The van der Waals surface area contributed by atoms with E-state index in [1.54, 1.807) is 0 Å². The van der Waals surface area contributed by atoms with E-state index in [1.807, 2.05) is 59.5 Å². The molecule has 112 valence electrons. The van der Waals surface area contributed by atoms with Gasteiger partial charge in [-0.3, -0.25) is 0 Å². The van der Waals surface area contributed by atoms with Crippen LogP contribution in [0.15, 0.2) is 67.0 Å². The van der Waals surface area contributed by atoms with Gasteiger partial charge in [-0.15, -0.1) is 0 Å². The van der Waals surface area contributed by atoms with Crippen LogP contribution in [0.25, 0.3) is 5.69 Å². The third kappa shape index (κ3) is 3.80. The number of para-hydroxylation sites is 1. The summed E-state index contributed by atoms with van der Waals surface area (Å²) in [7, 11) is 0. The fraction of sp³-hybridized carbons (Fsp3) is 0.167. The predicted molar refractivity (Wildman–Crippen MR) is 85.4 cm³/mol. The van der Waals surface area contributed by atoms with Gasteiger partial charge in [0.2, 0.25) is 0 Å². The van der Waals surface area contributed by atoms with Crippen LogP contribution in [0.4, 0.5) is 4.39 Å². The van der Waals surface area contributed by atoms with Crippen molar-refractivity contribution in [1.82, 2.24) is 15.1 Å². The largest absolute Gasteiger partial charge is 0.312 e. The monoisotopic (exact) mass is 295 g/mol. The molecule has 0 unspecified atom stereocenters. The Morgan fingerprint density at radius 3 is 2.50 bits per heavy atom. The summed E-state index contributed by atoms with van der Waals surface area (Å²) < 4.78 is 14.7. The van der Waals surface area contributed by atoms with Gasteiger partial charge in [-0.2, -0.15) is 5.10 Å². The minimum Gasteiger partial charge on any atom is -0.312 e. The van der Waals surface area contributed by atoms with Crippen molar-refractivity contribution in [3.05, 3.63) is 83.9 Å². The summed E-state index contributed by atoms with van der Waals surface area (Å²) in [6.07, 6.45) is 4.78. The highest BCUT2D eigenvalue weighted by Crippen LogP contribution is 2.07. The highest BCUT2D eigenvalue weighted by atomic mass is 19.1. The average Bonchev–Trinajstić information content (AvgIpc) is 3.03. The highest BCUT2D eigenvalue weighted by molar-refractivity contribution is 5.30. The van der Waals surface area contributed by atoms with Crippen molar-refractivity contribution >= 4 is 0 Å². The smallest absolute Gasteiger partial charge is 0.123 e. The van der Waals surface area contributed by atoms with Crippen molar-refractivity contribution in [3.63, 3.8) is 0 Å². The Labute approximate surface area is 129 Å². The molecule has 0 fully saturated rings. The maximum absolute atomic E-state index is 12.8. The van der Waals surface area contributed by atoms with E-state index in [0.29, 0.717) is 0 Å². The van der Waals surface area contributed by atoms with Crippen molar-refractivity contribution < 1.29 is 4.39 Å². The van der Waals surface area contributed by atoms with Crippen LogP contribution in [0, 0.1) is 5.82 Å². The number of hydrogen-bond donors (Lipinski definition) is 1. The summed E-state index contributed by atoms with van der Waals surface area (Å²) in [5, 5.41) is 7.75. The van der Waals surface area contributed by atoms with Gasteiger partial charge in [-0.25, -0.2) is 9.07 Å². The van der Waals surface area contributed by atoms with E-state index in [4.69, 9.17) is 0 Å². The van der Waals surface area contributed by atoms with Crippen molar-refractivity contribution in [1.29, 1.82) is 0 Å². The molecule has 0 aliphatic heterocycles. The molecular weight excluding hydrogens is 277 g/mol. The minimum absolute atomic E-state index is 0.190. The van der Waals surface area contributed by atoms with E-state index in [9.17, 15) is 4.39 Å². The first kappa shape index (κ1) is 14.5. The number of nitrogens with zero attached hydrogens (tertiary/aromatic N) is 2. The standard InChI is InChI=1S/C18H18FN3/c19-17-8-6-15(7-9-17)10-11-20-12-16-13-21-22(14-16)18-4-2-1-3-5-18/h1-9,13-14,20H,10-12H2. The SMILES string of the molecule is Fc1ccc(CCNCc2cnn(-c3ccccc3)c2)cc1. The fourth-order valence-electron chi connectivity index (χ4n) is 2.29. The molecule has 1 aromatic heterocycles. The Bertz CT molecular complexity index is 705. The first-order valence-corrected chi connectivity index (χ1v) is 7.35. The number of aromatic nitrogens is 2. The predicted octanol–water partition coefficient (Wildman–Crippen LogP) is 3.34. The molecule has 3 rings (SSSR count). The van der Waals surface area contributed by atoms with Gasteiger partial charge in [0.1, 0.15) is 5.82 Å². The average molecular weight is 295 g/mol. The topological polar surface area (TPSA) is 29.9 Å². The first-order valence-electron chi connectivity index (χ1n) is 7.35. The van der Waals surface area contributed by atoms with E-state index >= 15 is 0 Å². The second-order valence-corrected chi connectivity index (χ2v) is 5.18. The van der Waals surface area contributed by atoms with Gasteiger partial charge < -0.3 is 5.32 Å². The third-order valence-electron chi connectivity index (χ3n) is 3.49. The molecule has 3 aromatic rings. The number of halogens is 1. The fourth-order valence-corrected chi connectivity index (χ4v) is 2.29. The van der Waals surface area contributed by atoms with Crippen molar-refractivity contribution in [3.8, 4) is 5.69 Å². The van der Waals surface area contributed by atoms with Crippen molar-refractivity contribution in [2.45, 2.75) is 13.0 Å². The van der Waals surface area contributed by atoms with Crippen LogP contribution in [0.5, 0.6) is 0 Å². The first-order chi connectivity index (χ1) is 10.8. The van der Waals surface area contributed by atoms with E-state index in [1.165, 1.54) is 12.1 Å². The van der Waals surface area contributed by atoms with Crippen LogP contribution in [0.3, 0.4) is 0 Å². The van der Waals surface area contributed by atoms with Gasteiger partial charge in [0.25, 0.3) is 0 Å². The molecule has 0 spiro atoms. The van der Waals surface area contributed by atoms with Crippen LogP contribution in [0.2, 0.25) is 0 Å². The van der Waals surface area contributed by atoms with Crippen LogP contribution in [0.1, 0.15) is 11.1 Å². The van der Waals surface area contributed by atoms with Gasteiger partial charge in [-0.1, -0.05) is 30.3 Å². The molecule has 0 saturated carbocycles. The summed E-state index contributed by atoms with van der Waals surface area (Å²) in [6.45, 7) is 1.62. The summed E-state index contributed by atoms with van der Waals surface area (Å²) in [5.74, 6) is -0.190. The molecule has 0 aliphatic rings. The Morgan fingerprint density at radius 2 is 1.73 bits per heavy atom. The maximum atomic E-state index is 12.8. The summed E-state index contributed by atoms with van der Waals surface area (Å²) in [5.41, 5.74) is 3.33. The molecule has 0 saturated heterocycles. The molecule has 0 aliphatic carbocycles. The number of nitrogens with one attached hydrogen (secondary N) is 1. The Morgan fingerprint density at radius 1 is 0.955 bits per heavy atom. The van der Waals surface area contributed by atoms with Gasteiger partial charge >= 0.3 is 0 Å². The van der Waals surface area contributed by atoms with Crippen LogP contribution in [-0.4, -0.2) is 16.3 Å². The lowest BCUT2D eigenvalue weighted by Crippen LogP contribution is -2.16. The summed E-state index contributed by atoms with van der Waals surface area (Å²) >= 11 is 0. The lowest BCUT2D eigenvalue weighted by molar-refractivity contribution is 0.626. The maximum Gasteiger partial charge on any atom is 0.123 e. The molecule has 4 heteroatoms. The van der Waals surface area contributed by atoms with E-state index in [-0.39, 0.29) is 5.82 Å². The molecule has 0 atom stereocenters. The Balaban J connectivity index is 1.48. The Hall–Kier alpha value is -2.46. The lowest BCUT2D eigenvalue weighted by Gasteiger charge is -2.03. The summed E-state index contributed by atoms with van der Waals surface area (Å²) in [6, 6.07) is 16.7. The lowest BCUT2D eigenvalue weighted by atomic mass is 10.1. The minimum atomic E-state index is -0.190. The molecule has 2 aromatic carbocycles. The van der Waals surface area contributed by atoms with Gasteiger partial charge in [0, 0.05) is 18.3 Å². The quantitative estimate of drug-likeness (QED) is 0.707. The van der Waals surface area contributed by atoms with Gasteiger partial charge in [-0.05, 0) is 42.8 Å². The summed E-state index contributed by atoms with van der Waals surface area (Å²) in [4.78, 5) is 0. The second-order valence-electron chi connectivity index (χ2n) is 5.18. The molecule has 0 bridgehead atoms. The number of benzene rings is 2. The molecule has 3 nitrogen and oxygen atoms in total. The second kappa shape index (κ2) is 7.00. The number of hydrogen-bond acceptors (Lipinski definition) is 2. The normalized spacial score (nSPS) is 10.8. The van der Waals surface area contributed by atoms with Crippen molar-refractivity contribution in [2.75, 3.05) is 6.54 Å². The van der Waals surface area contributed by atoms with E-state index in [0.717, 1.165) is 36.3 Å². The van der Waals surface area contributed by atoms with Gasteiger partial charge in [0.15, 0.2) is 0 Å². The zero-order valence-corrected chi connectivity index (χ0v) is 12.2. The van der Waals surface area contributed by atoms with E-state index < -0.39 is 0 Å². The molecule has 1 N–H and O–H groups in total. The number of rotatable bonds is 6. The van der Waals surface area contributed by atoms with E-state index in [2.05, 4.69) is 10.4 Å². The molecule has 0 amide bonds. The zero-order chi connectivity index (χ0) is 15.2. The van der Waals surface area contributed by atoms with Crippen molar-refractivity contribution in [2.24, 2.45) is 0 Å². The van der Waals surface area contributed by atoms with Crippen LogP contribution < -0.4 is 5.32 Å². The zero-order valence-electron chi connectivity index (χ0n) is 12.2. The molecule has 1 heterocycles. The molecule has 0 radical (unpaired) electrons. The van der Waals surface area contributed by atoms with Crippen LogP contribution >= 0.6 is 0 Å². The van der Waals surface area contributed by atoms with Gasteiger partial charge in [0.05, 0.1) is 11.9 Å². The van der Waals surface area contributed by atoms with Crippen LogP contribution in [-0.2, 0) is 13.0 Å². The molecular formula is C18H18FN3. The highest BCUT2D eigenvalue weighted by Gasteiger charge is 2.00. The third-order valence-corrected chi connectivity index (χ3v) is 3.49. The Kier molecular flexibility index (Phi) is 4.61. The molecule has 22 heavy (non-hydrogen) atoms.